The van der Waals surface area contributed by atoms with Gasteiger partial charge in [-0.2, -0.15) is 0 Å². The maximum absolute atomic E-state index is 13.1. The Labute approximate surface area is 151 Å². The summed E-state index contributed by atoms with van der Waals surface area (Å²) in [6, 6.07) is 11.1. The standard InChI is InChI=1S/C19H18Cl2FNO/c1-3-4-14(13-5-7-18(22)8-6-13)12-23(2)19(24)15-9-16(20)11-17(21)10-15/h3,5-11,14H,1,4,12H2,2H3/t14-/m1/s1. The predicted molar refractivity (Wildman–Crippen MR) is 97.4 cm³/mol. The molecule has 2 rings (SSSR count). The molecule has 2 aromatic rings. The van der Waals surface area contributed by atoms with Gasteiger partial charge in [0, 0.05) is 35.1 Å². The van der Waals surface area contributed by atoms with Gasteiger partial charge in [-0.05, 0) is 42.3 Å². The van der Waals surface area contributed by atoms with Crippen LogP contribution in [0.1, 0.15) is 28.3 Å². The highest BCUT2D eigenvalue weighted by Crippen LogP contribution is 2.24. The average molecular weight is 366 g/mol. The van der Waals surface area contributed by atoms with Crippen molar-refractivity contribution in [2.24, 2.45) is 0 Å². The van der Waals surface area contributed by atoms with Gasteiger partial charge < -0.3 is 4.90 Å². The summed E-state index contributed by atoms with van der Waals surface area (Å²) in [6.07, 6.45) is 2.47. The van der Waals surface area contributed by atoms with Crippen molar-refractivity contribution < 1.29 is 9.18 Å². The molecule has 1 amide bonds. The first-order valence-electron chi connectivity index (χ1n) is 7.48. The minimum atomic E-state index is -0.283. The zero-order valence-electron chi connectivity index (χ0n) is 13.3. The molecule has 0 spiro atoms. The summed E-state index contributed by atoms with van der Waals surface area (Å²) in [4.78, 5) is 14.2. The first-order valence-corrected chi connectivity index (χ1v) is 8.24. The van der Waals surface area contributed by atoms with Gasteiger partial charge in [0.15, 0.2) is 0 Å². The van der Waals surface area contributed by atoms with Crippen molar-refractivity contribution in [2.75, 3.05) is 13.6 Å². The molecule has 0 N–H and O–H groups in total. The second-order valence-electron chi connectivity index (χ2n) is 5.62. The van der Waals surface area contributed by atoms with E-state index in [0.29, 0.717) is 28.6 Å². The maximum atomic E-state index is 13.1. The van der Waals surface area contributed by atoms with Crippen LogP contribution in [0.15, 0.2) is 55.1 Å². The van der Waals surface area contributed by atoms with E-state index in [4.69, 9.17) is 23.2 Å². The molecular formula is C19H18Cl2FNO. The molecule has 1 atom stereocenters. The Morgan fingerprint density at radius 3 is 2.33 bits per heavy atom. The zero-order chi connectivity index (χ0) is 17.7. The first kappa shape index (κ1) is 18.5. The number of rotatable bonds is 6. The Morgan fingerprint density at radius 2 is 1.79 bits per heavy atom. The van der Waals surface area contributed by atoms with Crippen molar-refractivity contribution in [1.29, 1.82) is 0 Å². The van der Waals surface area contributed by atoms with Gasteiger partial charge in [0.2, 0.25) is 0 Å². The van der Waals surface area contributed by atoms with Crippen LogP contribution < -0.4 is 0 Å². The number of hydrogen-bond acceptors (Lipinski definition) is 1. The van der Waals surface area contributed by atoms with E-state index < -0.39 is 0 Å². The minimum absolute atomic E-state index is 0.0340. The summed E-state index contributed by atoms with van der Waals surface area (Å²) in [6.45, 7) is 4.24. The topological polar surface area (TPSA) is 20.3 Å². The Balaban J connectivity index is 2.17. The summed E-state index contributed by atoms with van der Waals surface area (Å²) in [5.74, 6) is -0.420. The first-order chi connectivity index (χ1) is 11.4. The third-order valence-corrected chi connectivity index (χ3v) is 4.18. The molecule has 0 aromatic heterocycles. The summed E-state index contributed by atoms with van der Waals surface area (Å²) < 4.78 is 13.1. The second-order valence-corrected chi connectivity index (χ2v) is 6.49. The molecule has 0 radical (unpaired) electrons. The van der Waals surface area contributed by atoms with Gasteiger partial charge in [-0.25, -0.2) is 4.39 Å². The number of allylic oxidation sites excluding steroid dienone is 1. The molecule has 126 valence electrons. The van der Waals surface area contributed by atoms with Crippen LogP contribution in [0.3, 0.4) is 0 Å². The fourth-order valence-electron chi connectivity index (χ4n) is 2.56. The molecule has 0 saturated carbocycles. The van der Waals surface area contributed by atoms with Crippen molar-refractivity contribution in [1.82, 2.24) is 4.90 Å². The molecule has 0 aliphatic rings. The molecule has 0 saturated heterocycles. The van der Waals surface area contributed by atoms with Crippen LogP contribution in [-0.2, 0) is 0 Å². The van der Waals surface area contributed by atoms with Gasteiger partial charge in [0.25, 0.3) is 5.91 Å². The fourth-order valence-corrected chi connectivity index (χ4v) is 3.09. The van der Waals surface area contributed by atoms with Gasteiger partial charge in [-0.15, -0.1) is 6.58 Å². The van der Waals surface area contributed by atoms with Crippen molar-refractivity contribution in [2.45, 2.75) is 12.3 Å². The molecule has 2 nitrogen and oxygen atoms in total. The van der Waals surface area contributed by atoms with Gasteiger partial charge in [0.1, 0.15) is 5.82 Å². The summed E-state index contributed by atoms with van der Waals surface area (Å²) in [5.41, 5.74) is 1.39. The molecule has 0 aliphatic carbocycles. The Bertz CT molecular complexity index is 710. The molecule has 0 aliphatic heterocycles. The number of benzene rings is 2. The largest absolute Gasteiger partial charge is 0.341 e. The number of carbonyl (C=O) groups excluding carboxylic acids is 1. The smallest absolute Gasteiger partial charge is 0.253 e. The fraction of sp³-hybridized carbons (Fsp3) is 0.211. The van der Waals surface area contributed by atoms with Gasteiger partial charge >= 0.3 is 0 Å². The number of amides is 1. The lowest BCUT2D eigenvalue weighted by Crippen LogP contribution is -2.31. The van der Waals surface area contributed by atoms with Crippen LogP contribution in [0, 0.1) is 5.82 Å². The highest BCUT2D eigenvalue weighted by Gasteiger charge is 2.18. The Morgan fingerprint density at radius 1 is 1.21 bits per heavy atom. The van der Waals surface area contributed by atoms with E-state index in [1.165, 1.54) is 12.1 Å². The number of halogens is 3. The van der Waals surface area contributed by atoms with E-state index in [9.17, 15) is 9.18 Å². The quantitative estimate of drug-likeness (QED) is 0.613. The van der Waals surface area contributed by atoms with Crippen molar-refractivity contribution in [3.8, 4) is 0 Å². The lowest BCUT2D eigenvalue weighted by atomic mass is 9.95. The minimum Gasteiger partial charge on any atom is -0.341 e. The van der Waals surface area contributed by atoms with Crippen LogP contribution in [0.2, 0.25) is 10.0 Å². The van der Waals surface area contributed by atoms with E-state index in [2.05, 4.69) is 6.58 Å². The molecule has 0 heterocycles. The summed E-state index contributed by atoms with van der Waals surface area (Å²) in [5, 5.41) is 0.834. The maximum Gasteiger partial charge on any atom is 0.253 e. The highest BCUT2D eigenvalue weighted by molar-refractivity contribution is 6.35. The average Bonchev–Trinajstić information content (AvgIpc) is 2.53. The molecular weight excluding hydrogens is 348 g/mol. The molecule has 2 aromatic carbocycles. The van der Waals surface area contributed by atoms with Crippen molar-refractivity contribution >= 4 is 29.1 Å². The lowest BCUT2D eigenvalue weighted by molar-refractivity contribution is 0.0786. The van der Waals surface area contributed by atoms with Gasteiger partial charge in [-0.3, -0.25) is 4.79 Å². The zero-order valence-corrected chi connectivity index (χ0v) is 14.8. The summed E-state index contributed by atoms with van der Waals surface area (Å²) >= 11 is 11.9. The van der Waals surface area contributed by atoms with Crippen LogP contribution in [0.4, 0.5) is 4.39 Å². The van der Waals surface area contributed by atoms with Crippen LogP contribution in [0.25, 0.3) is 0 Å². The van der Waals surface area contributed by atoms with E-state index >= 15 is 0 Å². The Kier molecular flexibility index (Phi) is 6.41. The third kappa shape index (κ3) is 4.83. The van der Waals surface area contributed by atoms with Crippen molar-refractivity contribution in [3.63, 3.8) is 0 Å². The Hall–Kier alpha value is -1.84. The van der Waals surface area contributed by atoms with E-state index in [1.54, 1.807) is 48.4 Å². The van der Waals surface area contributed by atoms with E-state index in [1.807, 2.05) is 0 Å². The number of nitrogens with zero attached hydrogens (tertiary/aromatic N) is 1. The third-order valence-electron chi connectivity index (χ3n) is 3.74. The number of hydrogen-bond donors (Lipinski definition) is 0. The molecule has 24 heavy (non-hydrogen) atoms. The van der Waals surface area contributed by atoms with Crippen LogP contribution in [0.5, 0.6) is 0 Å². The normalized spacial score (nSPS) is 11.8. The summed E-state index contributed by atoms with van der Waals surface area (Å²) in [7, 11) is 1.72. The second kappa shape index (κ2) is 8.32. The van der Waals surface area contributed by atoms with Gasteiger partial charge in [0.05, 0.1) is 0 Å². The molecule has 0 unspecified atom stereocenters. The molecule has 5 heteroatoms. The SMILES string of the molecule is C=CC[C@H](CN(C)C(=O)c1cc(Cl)cc(Cl)c1)c1ccc(F)cc1. The van der Waals surface area contributed by atoms with Crippen molar-refractivity contribution in [3.05, 3.63) is 82.1 Å². The van der Waals surface area contributed by atoms with E-state index in [0.717, 1.165) is 5.56 Å². The van der Waals surface area contributed by atoms with Crippen LogP contribution >= 0.6 is 23.2 Å². The number of carbonyl (C=O) groups is 1. The van der Waals surface area contributed by atoms with Crippen LogP contribution in [-0.4, -0.2) is 24.4 Å². The molecule has 0 fully saturated rings. The predicted octanol–water partition coefficient (Wildman–Crippen LogP) is 5.56. The molecule has 0 bridgehead atoms. The lowest BCUT2D eigenvalue weighted by Gasteiger charge is -2.24. The van der Waals surface area contributed by atoms with E-state index in [-0.39, 0.29) is 17.6 Å². The van der Waals surface area contributed by atoms with Gasteiger partial charge in [-0.1, -0.05) is 41.4 Å². The number of likely N-dealkylation sites (N-methyl/N-ethyl adjacent to an activating group) is 1. The highest BCUT2D eigenvalue weighted by atomic mass is 35.5. The monoisotopic (exact) mass is 365 g/mol.